The monoisotopic (exact) mass is 291 g/mol. The Morgan fingerprint density at radius 2 is 2.05 bits per heavy atom. The van der Waals surface area contributed by atoms with Crippen LogP contribution < -0.4 is 4.90 Å². The summed E-state index contributed by atoms with van der Waals surface area (Å²) in [6.45, 7) is 6.34. The average Bonchev–Trinajstić information content (AvgIpc) is 2.55. The molecule has 1 saturated heterocycles. The Bertz CT molecular complexity index is 693. The quantitative estimate of drug-likeness (QED) is 0.847. The van der Waals surface area contributed by atoms with Crippen LogP contribution in [0.3, 0.4) is 0 Å². The highest BCUT2D eigenvalue weighted by atomic mass is 15.3. The summed E-state index contributed by atoms with van der Waals surface area (Å²) in [5.74, 6) is 1.15. The Kier molecular flexibility index (Phi) is 3.43. The molecule has 112 valence electrons. The van der Waals surface area contributed by atoms with Gasteiger partial charge in [-0.25, -0.2) is 4.98 Å². The van der Waals surface area contributed by atoms with Crippen molar-refractivity contribution in [3.8, 4) is 0 Å². The van der Waals surface area contributed by atoms with Gasteiger partial charge in [0.2, 0.25) is 0 Å². The van der Waals surface area contributed by atoms with Gasteiger partial charge in [0.1, 0.15) is 5.82 Å². The van der Waals surface area contributed by atoms with Gasteiger partial charge in [-0.05, 0) is 24.1 Å². The summed E-state index contributed by atoms with van der Waals surface area (Å²) < 4.78 is 0. The highest BCUT2D eigenvalue weighted by Gasteiger charge is 2.29. The molecular formula is C19H21N3. The summed E-state index contributed by atoms with van der Waals surface area (Å²) in [5, 5.41) is 0. The third-order valence-electron chi connectivity index (χ3n) is 4.55. The molecule has 4 rings (SSSR count). The summed E-state index contributed by atoms with van der Waals surface area (Å²) in [6.07, 6.45) is 6.55. The van der Waals surface area contributed by atoms with Crippen LogP contribution in [-0.2, 0) is 6.54 Å². The number of benzene rings is 1. The smallest absolute Gasteiger partial charge is 0.136 e. The Balaban J connectivity index is 1.51. The topological polar surface area (TPSA) is 19.4 Å². The van der Waals surface area contributed by atoms with Crippen molar-refractivity contribution in [2.24, 2.45) is 0 Å². The summed E-state index contributed by atoms with van der Waals surface area (Å²) in [7, 11) is 0. The van der Waals surface area contributed by atoms with E-state index in [1.807, 2.05) is 6.20 Å². The maximum Gasteiger partial charge on any atom is 0.136 e. The minimum atomic E-state index is 0.445. The second-order valence-electron chi connectivity index (χ2n) is 6.27. The Labute approximate surface area is 131 Å². The second-order valence-corrected chi connectivity index (χ2v) is 6.27. The van der Waals surface area contributed by atoms with Crippen LogP contribution in [0.5, 0.6) is 0 Å². The number of aryl methyl sites for hydroxylation is 1. The van der Waals surface area contributed by atoms with Crippen LogP contribution in [-0.4, -0.2) is 35.6 Å². The van der Waals surface area contributed by atoms with Crippen molar-refractivity contribution in [3.63, 3.8) is 0 Å². The summed E-state index contributed by atoms with van der Waals surface area (Å²) in [6, 6.07) is 13.4. The second kappa shape index (κ2) is 5.58. The lowest BCUT2D eigenvalue weighted by Gasteiger charge is -2.43. The number of fused-ring (bicyclic) bond motifs is 3. The zero-order valence-corrected chi connectivity index (χ0v) is 12.9. The molecule has 0 amide bonds. The molecule has 0 spiro atoms. The predicted molar refractivity (Wildman–Crippen MR) is 90.9 cm³/mol. The van der Waals surface area contributed by atoms with E-state index in [1.165, 1.54) is 16.7 Å². The van der Waals surface area contributed by atoms with Crippen LogP contribution >= 0.6 is 0 Å². The lowest BCUT2D eigenvalue weighted by atomic mass is 10.0. The van der Waals surface area contributed by atoms with Crippen LogP contribution in [0.2, 0.25) is 0 Å². The van der Waals surface area contributed by atoms with Crippen molar-refractivity contribution >= 4 is 11.9 Å². The Hall–Kier alpha value is -2.13. The first-order chi connectivity index (χ1) is 10.8. The molecule has 1 unspecified atom stereocenters. The summed E-state index contributed by atoms with van der Waals surface area (Å²) in [4.78, 5) is 9.66. The van der Waals surface area contributed by atoms with Crippen molar-refractivity contribution in [2.45, 2.75) is 19.5 Å². The molecule has 1 atom stereocenters. The standard InChI is InChI=1S/C19H21N3/c1-15-11-17-7-8-18-14-21(13-16-5-3-2-4-6-16)9-10-22(18)19(17)20-12-15/h2-8,11-12,18H,9-10,13-14H2,1H3. The maximum atomic E-state index is 4.67. The van der Waals surface area contributed by atoms with Crippen molar-refractivity contribution in [1.82, 2.24) is 9.88 Å². The molecule has 3 nitrogen and oxygen atoms in total. The molecule has 3 heterocycles. The van der Waals surface area contributed by atoms with E-state index < -0.39 is 0 Å². The maximum absolute atomic E-state index is 4.67. The molecular weight excluding hydrogens is 270 g/mol. The molecule has 22 heavy (non-hydrogen) atoms. The summed E-state index contributed by atoms with van der Waals surface area (Å²) >= 11 is 0. The zero-order chi connectivity index (χ0) is 14.9. The van der Waals surface area contributed by atoms with E-state index in [-0.39, 0.29) is 0 Å². The van der Waals surface area contributed by atoms with Gasteiger partial charge in [0.25, 0.3) is 0 Å². The minimum Gasteiger partial charge on any atom is -0.347 e. The van der Waals surface area contributed by atoms with Gasteiger partial charge in [-0.3, -0.25) is 4.90 Å². The van der Waals surface area contributed by atoms with Gasteiger partial charge >= 0.3 is 0 Å². The van der Waals surface area contributed by atoms with Gasteiger partial charge in [0, 0.05) is 37.9 Å². The lowest BCUT2D eigenvalue weighted by Crippen LogP contribution is -2.53. The number of nitrogens with zero attached hydrogens (tertiary/aromatic N) is 3. The van der Waals surface area contributed by atoms with E-state index in [0.29, 0.717) is 6.04 Å². The van der Waals surface area contributed by atoms with Gasteiger partial charge in [-0.2, -0.15) is 0 Å². The third-order valence-corrected chi connectivity index (χ3v) is 4.55. The molecule has 1 aromatic heterocycles. The van der Waals surface area contributed by atoms with Crippen molar-refractivity contribution in [2.75, 3.05) is 24.5 Å². The fourth-order valence-corrected chi connectivity index (χ4v) is 3.44. The van der Waals surface area contributed by atoms with Crippen LogP contribution in [0, 0.1) is 6.92 Å². The molecule has 0 N–H and O–H groups in total. The highest BCUT2D eigenvalue weighted by molar-refractivity contribution is 5.69. The van der Waals surface area contributed by atoms with E-state index >= 15 is 0 Å². The van der Waals surface area contributed by atoms with Crippen LogP contribution in [0.25, 0.3) is 6.08 Å². The number of hydrogen-bond acceptors (Lipinski definition) is 3. The normalized spacial score (nSPS) is 20.6. The molecule has 1 aromatic carbocycles. The van der Waals surface area contributed by atoms with E-state index in [9.17, 15) is 0 Å². The number of rotatable bonds is 2. The highest BCUT2D eigenvalue weighted by Crippen LogP contribution is 2.29. The van der Waals surface area contributed by atoms with E-state index in [2.05, 4.69) is 70.3 Å². The Morgan fingerprint density at radius 3 is 2.91 bits per heavy atom. The van der Waals surface area contributed by atoms with Gasteiger partial charge in [-0.15, -0.1) is 0 Å². The van der Waals surface area contributed by atoms with Crippen molar-refractivity contribution < 1.29 is 0 Å². The predicted octanol–water partition coefficient (Wildman–Crippen LogP) is 3.11. The van der Waals surface area contributed by atoms with Gasteiger partial charge in [0.05, 0.1) is 6.04 Å². The molecule has 2 aromatic rings. The molecule has 0 aliphatic carbocycles. The number of pyridine rings is 1. The van der Waals surface area contributed by atoms with Gasteiger partial charge in [0.15, 0.2) is 0 Å². The molecule has 3 heteroatoms. The van der Waals surface area contributed by atoms with E-state index in [0.717, 1.165) is 32.0 Å². The fraction of sp³-hybridized carbons (Fsp3) is 0.316. The average molecular weight is 291 g/mol. The van der Waals surface area contributed by atoms with Crippen LogP contribution in [0.4, 0.5) is 5.82 Å². The SMILES string of the molecule is Cc1cnc2c(c1)C=CC1CN(Cc3ccccc3)CCN21. The van der Waals surface area contributed by atoms with Gasteiger partial charge < -0.3 is 4.90 Å². The molecule has 1 fully saturated rings. The zero-order valence-electron chi connectivity index (χ0n) is 12.9. The van der Waals surface area contributed by atoms with Crippen LogP contribution in [0.15, 0.2) is 48.7 Å². The van der Waals surface area contributed by atoms with E-state index in [1.54, 1.807) is 0 Å². The number of aromatic nitrogens is 1. The van der Waals surface area contributed by atoms with Crippen LogP contribution in [0.1, 0.15) is 16.7 Å². The van der Waals surface area contributed by atoms with Crippen molar-refractivity contribution in [3.05, 3.63) is 65.4 Å². The Morgan fingerprint density at radius 1 is 1.18 bits per heavy atom. The third kappa shape index (κ3) is 2.53. The number of hydrogen-bond donors (Lipinski definition) is 0. The first-order valence-electron chi connectivity index (χ1n) is 7.97. The molecule has 0 bridgehead atoms. The first kappa shape index (κ1) is 13.5. The largest absolute Gasteiger partial charge is 0.347 e. The minimum absolute atomic E-state index is 0.445. The lowest BCUT2D eigenvalue weighted by molar-refractivity contribution is 0.229. The molecule has 2 aliphatic heterocycles. The van der Waals surface area contributed by atoms with Crippen molar-refractivity contribution in [1.29, 1.82) is 0 Å². The summed E-state index contributed by atoms with van der Waals surface area (Å²) in [5.41, 5.74) is 3.88. The van der Waals surface area contributed by atoms with E-state index in [4.69, 9.17) is 0 Å². The fourth-order valence-electron chi connectivity index (χ4n) is 3.44. The number of anilines is 1. The first-order valence-corrected chi connectivity index (χ1v) is 7.97. The molecule has 0 radical (unpaired) electrons. The molecule has 2 aliphatic rings. The number of piperazine rings is 1. The van der Waals surface area contributed by atoms with Gasteiger partial charge in [-0.1, -0.05) is 42.5 Å². The molecule has 0 saturated carbocycles.